The zero-order chi connectivity index (χ0) is 36.8. The molecule has 0 amide bonds. The van der Waals surface area contributed by atoms with Gasteiger partial charge in [-0.2, -0.15) is 0 Å². The van der Waals surface area contributed by atoms with Gasteiger partial charge in [-0.15, -0.1) is 11.3 Å². The molecular formula is C54H38S. The quantitative estimate of drug-likeness (QED) is 0.156. The minimum Gasteiger partial charge on any atom is -0.135 e. The van der Waals surface area contributed by atoms with Crippen molar-refractivity contribution in [3.05, 3.63) is 180 Å². The highest BCUT2D eigenvalue weighted by molar-refractivity contribution is 7.26. The average molecular weight is 719 g/mol. The molecule has 55 heavy (non-hydrogen) atoms. The van der Waals surface area contributed by atoms with Crippen LogP contribution >= 0.6 is 11.3 Å². The Morgan fingerprint density at radius 3 is 1.53 bits per heavy atom. The summed E-state index contributed by atoms with van der Waals surface area (Å²) in [5.41, 5.74) is 16.2. The van der Waals surface area contributed by atoms with E-state index in [1.54, 1.807) is 0 Å². The average Bonchev–Trinajstić information content (AvgIpc) is 3.79. The van der Waals surface area contributed by atoms with Gasteiger partial charge >= 0.3 is 0 Å². The van der Waals surface area contributed by atoms with Crippen molar-refractivity contribution in [2.24, 2.45) is 0 Å². The number of thiophene rings is 1. The smallest absolute Gasteiger partial charge is 0.0408 e. The van der Waals surface area contributed by atoms with Crippen LogP contribution in [0.5, 0.6) is 0 Å². The molecule has 9 aromatic carbocycles. The van der Waals surface area contributed by atoms with E-state index in [9.17, 15) is 0 Å². The topological polar surface area (TPSA) is 0 Å². The fourth-order valence-corrected chi connectivity index (χ4v) is 12.2. The molecule has 0 fully saturated rings. The molecule has 0 radical (unpaired) electrons. The van der Waals surface area contributed by atoms with Crippen molar-refractivity contribution in [2.45, 2.75) is 38.5 Å². The van der Waals surface area contributed by atoms with Crippen molar-refractivity contribution >= 4 is 63.8 Å². The third-order valence-corrected chi connectivity index (χ3v) is 14.4. The van der Waals surface area contributed by atoms with Gasteiger partial charge in [0.1, 0.15) is 0 Å². The Morgan fingerprint density at radius 2 is 0.855 bits per heavy atom. The van der Waals surface area contributed by atoms with Gasteiger partial charge in [0.05, 0.1) is 0 Å². The minimum atomic E-state index is -0.138. The van der Waals surface area contributed by atoms with Gasteiger partial charge in [-0.05, 0) is 117 Å². The maximum absolute atomic E-state index is 2.53. The van der Waals surface area contributed by atoms with Gasteiger partial charge < -0.3 is 0 Å². The van der Waals surface area contributed by atoms with Gasteiger partial charge in [0.25, 0.3) is 0 Å². The van der Waals surface area contributed by atoms with Crippen LogP contribution in [0.1, 0.15) is 49.9 Å². The van der Waals surface area contributed by atoms with E-state index in [1.165, 1.54) is 119 Å². The van der Waals surface area contributed by atoms with Gasteiger partial charge in [0.15, 0.2) is 0 Å². The van der Waals surface area contributed by atoms with Crippen molar-refractivity contribution in [3.63, 3.8) is 0 Å². The van der Waals surface area contributed by atoms with Crippen LogP contribution in [-0.4, -0.2) is 0 Å². The second-order valence-corrected chi connectivity index (χ2v) is 17.8. The molecule has 0 aliphatic heterocycles. The summed E-state index contributed by atoms with van der Waals surface area (Å²) < 4.78 is 2.79. The Kier molecular flexibility index (Phi) is 6.16. The summed E-state index contributed by atoms with van der Waals surface area (Å²) >= 11 is 1.96. The van der Waals surface area contributed by atoms with E-state index in [0.717, 1.165) is 0 Å². The maximum Gasteiger partial charge on any atom is 0.0408 e. The molecule has 0 atom stereocenters. The number of benzene rings is 9. The molecule has 1 heteroatoms. The first-order valence-corrected chi connectivity index (χ1v) is 20.3. The van der Waals surface area contributed by atoms with Gasteiger partial charge in [-0.25, -0.2) is 0 Å². The third-order valence-electron chi connectivity index (χ3n) is 13.2. The molecule has 2 aliphatic rings. The van der Waals surface area contributed by atoms with Crippen LogP contribution in [0, 0.1) is 0 Å². The summed E-state index contributed by atoms with van der Waals surface area (Å²) in [4.78, 5) is 0. The highest BCUT2D eigenvalue weighted by Crippen LogP contribution is 2.58. The highest BCUT2D eigenvalue weighted by Gasteiger charge is 2.40. The molecule has 12 rings (SSSR count). The van der Waals surface area contributed by atoms with Gasteiger partial charge in [-0.3, -0.25) is 0 Å². The van der Waals surface area contributed by atoms with E-state index < -0.39 is 0 Å². The largest absolute Gasteiger partial charge is 0.135 e. The van der Waals surface area contributed by atoms with E-state index in [2.05, 4.69) is 185 Å². The Balaban J connectivity index is 1.13. The van der Waals surface area contributed by atoms with Crippen molar-refractivity contribution in [1.29, 1.82) is 0 Å². The van der Waals surface area contributed by atoms with E-state index in [1.807, 2.05) is 11.3 Å². The molecule has 1 heterocycles. The van der Waals surface area contributed by atoms with Gasteiger partial charge in [-0.1, -0.05) is 167 Å². The van der Waals surface area contributed by atoms with Gasteiger partial charge in [0.2, 0.25) is 0 Å². The van der Waals surface area contributed by atoms with Crippen LogP contribution in [0.15, 0.2) is 158 Å². The van der Waals surface area contributed by atoms with E-state index in [-0.39, 0.29) is 10.8 Å². The molecule has 260 valence electrons. The lowest BCUT2D eigenvalue weighted by atomic mass is 9.80. The SMILES string of the molecule is CC1(C)c2ccccc2-c2ccc(-c3c4ccccc4c(-c4ccc5c(c4)-c4c(c6sc7ccccc7c6c6ccccc46)C5(C)C)c4ccccc34)cc21. The molecular weight excluding hydrogens is 681 g/mol. The summed E-state index contributed by atoms with van der Waals surface area (Å²) in [6.45, 7) is 9.63. The van der Waals surface area contributed by atoms with Crippen LogP contribution in [0.25, 0.3) is 97.0 Å². The fourth-order valence-electron chi connectivity index (χ4n) is 10.7. The summed E-state index contributed by atoms with van der Waals surface area (Å²) in [5.74, 6) is 0. The predicted octanol–water partition coefficient (Wildman–Crippen LogP) is 15.5. The lowest BCUT2D eigenvalue weighted by molar-refractivity contribution is 0.660. The van der Waals surface area contributed by atoms with Gasteiger partial charge in [0, 0.05) is 31.0 Å². The van der Waals surface area contributed by atoms with Crippen LogP contribution < -0.4 is 0 Å². The molecule has 0 nitrogen and oxygen atoms in total. The first-order valence-electron chi connectivity index (χ1n) is 19.5. The van der Waals surface area contributed by atoms with Crippen molar-refractivity contribution in [3.8, 4) is 44.5 Å². The summed E-state index contributed by atoms with van der Waals surface area (Å²) in [5, 5.41) is 10.6. The zero-order valence-electron chi connectivity index (χ0n) is 31.4. The zero-order valence-corrected chi connectivity index (χ0v) is 32.2. The fraction of sp³-hybridized carbons (Fsp3) is 0.111. The third kappa shape index (κ3) is 4.01. The van der Waals surface area contributed by atoms with E-state index in [4.69, 9.17) is 0 Å². The summed E-state index contributed by atoms with van der Waals surface area (Å²) in [6.07, 6.45) is 0. The van der Waals surface area contributed by atoms with Crippen LogP contribution in [-0.2, 0) is 10.8 Å². The first-order chi connectivity index (χ1) is 26.8. The Bertz CT molecular complexity index is 3260. The van der Waals surface area contributed by atoms with E-state index in [0.29, 0.717) is 0 Å². The molecule has 0 saturated carbocycles. The number of fused-ring (bicyclic) bond motifs is 15. The molecule has 0 N–H and O–H groups in total. The number of hydrogen-bond acceptors (Lipinski definition) is 1. The number of hydrogen-bond donors (Lipinski definition) is 0. The summed E-state index contributed by atoms with van der Waals surface area (Å²) in [6, 6.07) is 59.8. The normalized spacial score (nSPS) is 14.8. The molecule has 10 aromatic rings. The molecule has 0 bridgehead atoms. The van der Waals surface area contributed by atoms with Crippen molar-refractivity contribution in [1.82, 2.24) is 0 Å². The lowest BCUT2D eigenvalue weighted by Crippen LogP contribution is -2.15. The summed E-state index contributed by atoms with van der Waals surface area (Å²) in [7, 11) is 0. The standard InChI is InChI=1S/C54H38S/c1-53(2)43-23-13-11-15-33(43)34-27-25-32(30-45(34)53)48-37-18-7-5-16-35(37)47(36-17-6-8-19-38(36)48)31-26-28-44-42(29-31)49-39-20-9-10-21-40(39)50-41-22-12-14-24-46(41)55-52(50)51(49)54(44,3)4/h5-30H,1-4H3. The first kappa shape index (κ1) is 31.3. The molecule has 0 unspecified atom stereocenters. The second-order valence-electron chi connectivity index (χ2n) is 16.8. The second kappa shape index (κ2) is 10.8. The van der Waals surface area contributed by atoms with E-state index >= 15 is 0 Å². The Hall–Kier alpha value is -6.02. The number of rotatable bonds is 2. The van der Waals surface area contributed by atoms with Crippen molar-refractivity contribution in [2.75, 3.05) is 0 Å². The van der Waals surface area contributed by atoms with Crippen LogP contribution in [0.4, 0.5) is 0 Å². The Labute approximate surface area is 325 Å². The van der Waals surface area contributed by atoms with Crippen LogP contribution in [0.3, 0.4) is 0 Å². The highest BCUT2D eigenvalue weighted by atomic mass is 32.1. The maximum atomic E-state index is 2.53. The minimum absolute atomic E-state index is 0.0619. The monoisotopic (exact) mass is 718 g/mol. The molecule has 0 saturated heterocycles. The van der Waals surface area contributed by atoms with Crippen molar-refractivity contribution < 1.29 is 0 Å². The molecule has 0 spiro atoms. The Morgan fingerprint density at radius 1 is 0.364 bits per heavy atom. The molecule has 2 aliphatic carbocycles. The predicted molar refractivity (Wildman–Crippen MR) is 238 cm³/mol. The molecule has 1 aromatic heterocycles. The van der Waals surface area contributed by atoms with Crippen LogP contribution in [0.2, 0.25) is 0 Å². The lowest BCUT2D eigenvalue weighted by Gasteiger charge is -2.23.